The number of rotatable bonds is 4. The highest BCUT2D eigenvalue weighted by molar-refractivity contribution is 5.90. The maximum Gasteiger partial charge on any atom is 0.401 e. The lowest BCUT2D eigenvalue weighted by atomic mass is 9.96. The van der Waals surface area contributed by atoms with Gasteiger partial charge in [-0.15, -0.1) is 0 Å². The molecule has 0 spiro atoms. The van der Waals surface area contributed by atoms with Crippen molar-refractivity contribution in [2.75, 3.05) is 19.6 Å². The average Bonchev–Trinajstić information content (AvgIpc) is 2.87. The molecule has 0 radical (unpaired) electrons. The smallest absolute Gasteiger partial charge is 0.370 e. The Balaban J connectivity index is 2.28. The summed E-state index contributed by atoms with van der Waals surface area (Å²) < 4.78 is 37.4. The number of hydrogen-bond acceptors (Lipinski definition) is 3. The molecule has 1 aliphatic heterocycles. The molecule has 0 aromatic heterocycles. The van der Waals surface area contributed by atoms with Crippen LogP contribution in [0, 0.1) is 13.8 Å². The summed E-state index contributed by atoms with van der Waals surface area (Å²) in [6.45, 7) is 4.10. The van der Waals surface area contributed by atoms with Crippen LogP contribution in [0.2, 0.25) is 0 Å². The van der Waals surface area contributed by atoms with Crippen LogP contribution in [0.3, 0.4) is 0 Å². The molecule has 0 aliphatic carbocycles. The van der Waals surface area contributed by atoms with Gasteiger partial charge in [0.15, 0.2) is 0 Å². The summed E-state index contributed by atoms with van der Waals surface area (Å²) in [6, 6.07) is 5.11. The Morgan fingerprint density at radius 3 is 2.70 bits per heavy atom. The number of alkyl halides is 3. The molecule has 6 heteroatoms. The third-order valence-corrected chi connectivity index (χ3v) is 3.44. The molecule has 0 saturated heterocycles. The van der Waals surface area contributed by atoms with Crippen molar-refractivity contribution in [3.8, 4) is 0 Å². The molecule has 1 atom stereocenters. The van der Waals surface area contributed by atoms with Gasteiger partial charge in [-0.25, -0.2) is 0 Å². The van der Waals surface area contributed by atoms with Gasteiger partial charge in [-0.3, -0.25) is 10.3 Å². The number of amidine groups is 1. The van der Waals surface area contributed by atoms with Gasteiger partial charge in [0.2, 0.25) is 0 Å². The number of halogens is 3. The minimum absolute atomic E-state index is 0.543. The average molecular weight is 285 g/mol. The molecule has 0 fully saturated rings. The molecule has 1 aromatic carbocycles. The van der Waals surface area contributed by atoms with Crippen LogP contribution >= 0.6 is 0 Å². The minimum atomic E-state index is -4.24. The topological polar surface area (TPSA) is 36.4 Å². The molecular weight excluding hydrogens is 267 g/mol. The van der Waals surface area contributed by atoms with Crippen molar-refractivity contribution < 1.29 is 13.2 Å². The van der Waals surface area contributed by atoms with E-state index in [0.29, 0.717) is 18.9 Å². The lowest BCUT2D eigenvalue weighted by Crippen LogP contribution is -2.40. The molecule has 1 aliphatic rings. The first-order valence-electron chi connectivity index (χ1n) is 6.53. The lowest BCUT2D eigenvalue weighted by molar-refractivity contribution is -0.125. The van der Waals surface area contributed by atoms with Crippen LogP contribution in [0.5, 0.6) is 0 Å². The van der Waals surface area contributed by atoms with Crippen molar-refractivity contribution in [2.45, 2.75) is 26.1 Å². The van der Waals surface area contributed by atoms with Crippen LogP contribution in [0.1, 0.15) is 22.7 Å². The largest absolute Gasteiger partial charge is 0.401 e. The number of hydrogen-bond donors (Lipinski definition) is 2. The van der Waals surface area contributed by atoms with Crippen molar-refractivity contribution in [1.29, 1.82) is 0 Å². The number of aliphatic imine (C=N–C) groups is 1. The molecule has 2 N–H and O–H groups in total. The van der Waals surface area contributed by atoms with Crippen LogP contribution in [-0.2, 0) is 0 Å². The van der Waals surface area contributed by atoms with E-state index in [4.69, 9.17) is 0 Å². The van der Waals surface area contributed by atoms with E-state index >= 15 is 0 Å². The second-order valence-corrected chi connectivity index (χ2v) is 4.91. The molecule has 3 nitrogen and oxygen atoms in total. The summed E-state index contributed by atoms with van der Waals surface area (Å²) in [5, 5.41) is 5.63. The second-order valence-electron chi connectivity index (χ2n) is 4.91. The monoisotopic (exact) mass is 285 g/mol. The normalized spacial score (nSPS) is 16.8. The molecule has 1 heterocycles. The summed E-state index contributed by atoms with van der Waals surface area (Å²) >= 11 is 0. The second kappa shape index (κ2) is 5.83. The maximum absolute atomic E-state index is 12.5. The molecule has 110 valence electrons. The van der Waals surface area contributed by atoms with Crippen LogP contribution < -0.4 is 10.6 Å². The van der Waals surface area contributed by atoms with E-state index < -0.39 is 18.8 Å². The molecule has 20 heavy (non-hydrogen) atoms. The van der Waals surface area contributed by atoms with Crippen molar-refractivity contribution in [2.24, 2.45) is 4.99 Å². The number of aryl methyl sites for hydroxylation is 1. The standard InChI is InChI=1S/C14H18F3N3/c1-9-4-3-5-11(10(9)2)12(13-18-6-7-19-13)20-8-14(15,16)17/h3-5,12,20H,6-8H2,1-2H3,(H,18,19). The zero-order chi connectivity index (χ0) is 14.8. The Morgan fingerprint density at radius 2 is 2.10 bits per heavy atom. The molecular formula is C14H18F3N3. The first-order valence-corrected chi connectivity index (χ1v) is 6.53. The summed E-state index contributed by atoms with van der Waals surface area (Å²) in [7, 11) is 0. The Kier molecular flexibility index (Phi) is 4.32. The summed E-state index contributed by atoms with van der Waals surface area (Å²) in [5.74, 6) is 0.586. The van der Waals surface area contributed by atoms with E-state index in [-0.39, 0.29) is 0 Å². The van der Waals surface area contributed by atoms with Gasteiger partial charge in [-0.1, -0.05) is 18.2 Å². The SMILES string of the molecule is Cc1cccc(C(NCC(F)(F)F)C2=NCCN2)c1C. The molecule has 0 amide bonds. The van der Waals surface area contributed by atoms with Crippen LogP contribution in [0.25, 0.3) is 0 Å². The summed E-state index contributed by atoms with van der Waals surface area (Å²) in [4.78, 5) is 4.26. The van der Waals surface area contributed by atoms with Gasteiger partial charge in [0.25, 0.3) is 0 Å². The van der Waals surface area contributed by atoms with Crippen LogP contribution in [0.15, 0.2) is 23.2 Å². The van der Waals surface area contributed by atoms with E-state index in [0.717, 1.165) is 16.7 Å². The Bertz CT molecular complexity index is 509. The van der Waals surface area contributed by atoms with E-state index in [9.17, 15) is 13.2 Å². The van der Waals surface area contributed by atoms with Crippen molar-refractivity contribution in [3.05, 3.63) is 34.9 Å². The Labute approximate surface area is 116 Å². The zero-order valence-electron chi connectivity index (χ0n) is 11.5. The molecule has 0 saturated carbocycles. The van der Waals surface area contributed by atoms with Gasteiger partial charge in [0.05, 0.1) is 19.1 Å². The van der Waals surface area contributed by atoms with E-state index in [1.54, 1.807) is 0 Å². The molecule has 0 bridgehead atoms. The van der Waals surface area contributed by atoms with Gasteiger partial charge in [-0.2, -0.15) is 13.2 Å². The van der Waals surface area contributed by atoms with Gasteiger partial charge >= 0.3 is 6.18 Å². The van der Waals surface area contributed by atoms with Gasteiger partial charge < -0.3 is 5.32 Å². The molecule has 1 aromatic rings. The summed E-state index contributed by atoms with van der Waals surface area (Å²) in [5.41, 5.74) is 2.88. The Hall–Kier alpha value is -1.56. The number of nitrogens with one attached hydrogen (secondary N) is 2. The fourth-order valence-electron chi connectivity index (χ4n) is 2.27. The number of benzene rings is 1. The fraction of sp³-hybridized carbons (Fsp3) is 0.500. The first kappa shape index (κ1) is 14.8. The molecule has 2 rings (SSSR count). The molecule has 1 unspecified atom stereocenters. The highest BCUT2D eigenvalue weighted by Crippen LogP contribution is 2.23. The van der Waals surface area contributed by atoms with E-state index in [1.807, 2.05) is 32.0 Å². The predicted molar refractivity (Wildman–Crippen MR) is 73.0 cm³/mol. The third kappa shape index (κ3) is 3.50. The summed E-state index contributed by atoms with van der Waals surface area (Å²) in [6.07, 6.45) is -4.24. The zero-order valence-corrected chi connectivity index (χ0v) is 11.5. The number of nitrogens with zero attached hydrogens (tertiary/aromatic N) is 1. The quantitative estimate of drug-likeness (QED) is 0.891. The van der Waals surface area contributed by atoms with Crippen molar-refractivity contribution in [1.82, 2.24) is 10.6 Å². The first-order chi connectivity index (χ1) is 9.38. The van der Waals surface area contributed by atoms with E-state index in [1.165, 1.54) is 0 Å². The van der Waals surface area contributed by atoms with Crippen LogP contribution in [0.4, 0.5) is 13.2 Å². The van der Waals surface area contributed by atoms with Gasteiger partial charge in [-0.05, 0) is 30.5 Å². The maximum atomic E-state index is 12.5. The van der Waals surface area contributed by atoms with Crippen molar-refractivity contribution in [3.63, 3.8) is 0 Å². The third-order valence-electron chi connectivity index (χ3n) is 3.44. The van der Waals surface area contributed by atoms with Crippen LogP contribution in [-0.4, -0.2) is 31.6 Å². The minimum Gasteiger partial charge on any atom is -0.370 e. The van der Waals surface area contributed by atoms with Gasteiger partial charge in [0, 0.05) is 6.54 Å². The predicted octanol–water partition coefficient (Wildman–Crippen LogP) is 2.50. The highest BCUT2D eigenvalue weighted by Gasteiger charge is 2.31. The van der Waals surface area contributed by atoms with Crippen molar-refractivity contribution >= 4 is 5.84 Å². The van der Waals surface area contributed by atoms with Gasteiger partial charge in [0.1, 0.15) is 5.84 Å². The Morgan fingerprint density at radius 1 is 1.35 bits per heavy atom. The highest BCUT2D eigenvalue weighted by atomic mass is 19.4. The van der Waals surface area contributed by atoms with E-state index in [2.05, 4.69) is 15.6 Å². The fourth-order valence-corrected chi connectivity index (χ4v) is 2.27. The lowest BCUT2D eigenvalue weighted by Gasteiger charge is -2.23.